The van der Waals surface area contributed by atoms with Crippen LogP contribution in [0.5, 0.6) is 0 Å². The predicted octanol–water partition coefficient (Wildman–Crippen LogP) is 3.16. The Hall–Kier alpha value is -1.13. The maximum Gasteiger partial charge on any atom is 0.149 e. The lowest BCUT2D eigenvalue weighted by atomic mass is 10.0. The van der Waals surface area contributed by atoms with Crippen LogP contribution in [0.3, 0.4) is 0 Å². The summed E-state index contributed by atoms with van der Waals surface area (Å²) in [6.45, 7) is 0.953. The van der Waals surface area contributed by atoms with Crippen molar-refractivity contribution in [2.45, 2.75) is 38.3 Å². The summed E-state index contributed by atoms with van der Waals surface area (Å²) in [5, 5.41) is 11.9. The highest BCUT2D eigenvalue weighted by Gasteiger charge is 2.24. The summed E-state index contributed by atoms with van der Waals surface area (Å²) in [6.07, 6.45) is 8.19. The zero-order valence-corrected chi connectivity index (χ0v) is 11.1. The summed E-state index contributed by atoms with van der Waals surface area (Å²) in [4.78, 5) is 5.65. The molecular weight excluding hydrogens is 244 g/mol. The third-order valence-corrected chi connectivity index (χ3v) is 4.68. The van der Waals surface area contributed by atoms with Crippen molar-refractivity contribution in [3.8, 4) is 10.7 Å². The first kappa shape index (κ1) is 11.9. The van der Waals surface area contributed by atoms with Crippen molar-refractivity contribution in [1.29, 1.82) is 0 Å². The molecule has 0 radical (unpaired) electrons. The van der Waals surface area contributed by atoms with Gasteiger partial charge in [-0.2, -0.15) is 0 Å². The Labute approximate surface area is 111 Å². The number of hydrogen-bond acceptors (Lipinski definition) is 3. The quantitative estimate of drug-likeness (QED) is 0.919. The van der Waals surface area contributed by atoms with E-state index in [-0.39, 0.29) is 6.10 Å². The Morgan fingerprint density at radius 3 is 3.11 bits per heavy atom. The molecule has 0 aliphatic heterocycles. The van der Waals surface area contributed by atoms with Crippen molar-refractivity contribution in [3.63, 3.8) is 0 Å². The number of aromatic nitrogens is 2. The van der Waals surface area contributed by atoms with E-state index in [0.717, 1.165) is 25.2 Å². The van der Waals surface area contributed by atoms with Gasteiger partial charge in [0.15, 0.2) is 0 Å². The fraction of sp³-hybridized carbons (Fsp3) is 0.500. The van der Waals surface area contributed by atoms with E-state index in [9.17, 15) is 5.11 Å². The van der Waals surface area contributed by atoms with E-state index in [2.05, 4.69) is 27.1 Å². The van der Waals surface area contributed by atoms with Crippen LogP contribution in [0, 0.1) is 5.92 Å². The summed E-state index contributed by atoms with van der Waals surface area (Å²) >= 11 is 1.72. The number of aryl methyl sites for hydroxylation is 1. The highest BCUT2D eigenvalue weighted by atomic mass is 32.1. The molecule has 2 heterocycles. The molecule has 2 aromatic heterocycles. The van der Waals surface area contributed by atoms with E-state index in [1.807, 2.05) is 12.4 Å². The number of hydrogen-bond donors (Lipinski definition) is 1. The molecule has 0 bridgehead atoms. The van der Waals surface area contributed by atoms with Crippen molar-refractivity contribution < 1.29 is 5.11 Å². The fourth-order valence-electron chi connectivity index (χ4n) is 2.78. The van der Waals surface area contributed by atoms with Crippen LogP contribution in [0.15, 0.2) is 29.9 Å². The number of thiophene rings is 1. The molecule has 1 aliphatic carbocycles. The van der Waals surface area contributed by atoms with Crippen molar-refractivity contribution in [2.75, 3.05) is 0 Å². The fourth-order valence-corrected chi connectivity index (χ4v) is 3.52. The summed E-state index contributed by atoms with van der Waals surface area (Å²) in [5.41, 5.74) is 0. The van der Waals surface area contributed by atoms with Gasteiger partial charge in [-0.15, -0.1) is 11.3 Å². The second-order valence-corrected chi connectivity index (χ2v) is 5.92. The van der Waals surface area contributed by atoms with Crippen molar-refractivity contribution >= 4 is 11.3 Å². The lowest BCUT2D eigenvalue weighted by molar-refractivity contribution is 0.125. The molecule has 2 aromatic rings. The smallest absolute Gasteiger partial charge is 0.149 e. The highest BCUT2D eigenvalue weighted by Crippen LogP contribution is 2.29. The van der Waals surface area contributed by atoms with Crippen LogP contribution in [0.25, 0.3) is 10.7 Å². The number of aliphatic hydroxyl groups excluding tert-OH is 1. The molecule has 1 aliphatic rings. The Bertz CT molecular complexity index is 492. The van der Waals surface area contributed by atoms with E-state index < -0.39 is 0 Å². The molecule has 1 saturated carbocycles. The normalized spacial score (nSPS) is 23.6. The Kier molecular flexibility index (Phi) is 3.48. The van der Waals surface area contributed by atoms with Gasteiger partial charge < -0.3 is 9.67 Å². The van der Waals surface area contributed by atoms with Gasteiger partial charge in [-0.3, -0.25) is 0 Å². The molecule has 2 atom stereocenters. The Morgan fingerprint density at radius 2 is 2.39 bits per heavy atom. The Balaban J connectivity index is 1.68. The minimum absolute atomic E-state index is 0.0845. The summed E-state index contributed by atoms with van der Waals surface area (Å²) in [7, 11) is 0. The predicted molar refractivity (Wildman–Crippen MR) is 73.5 cm³/mol. The van der Waals surface area contributed by atoms with Crippen molar-refractivity contribution in [3.05, 3.63) is 29.9 Å². The number of nitrogens with zero attached hydrogens (tertiary/aromatic N) is 2. The van der Waals surface area contributed by atoms with Gasteiger partial charge in [0.1, 0.15) is 5.82 Å². The molecule has 0 aromatic carbocycles. The number of rotatable bonds is 4. The monoisotopic (exact) mass is 262 g/mol. The zero-order valence-electron chi connectivity index (χ0n) is 10.3. The van der Waals surface area contributed by atoms with E-state index in [1.165, 1.54) is 17.7 Å². The van der Waals surface area contributed by atoms with Crippen LogP contribution in [-0.4, -0.2) is 20.8 Å². The average molecular weight is 262 g/mol. The van der Waals surface area contributed by atoms with Crippen molar-refractivity contribution in [2.24, 2.45) is 5.92 Å². The van der Waals surface area contributed by atoms with Crippen LogP contribution in [0.2, 0.25) is 0 Å². The van der Waals surface area contributed by atoms with Crippen LogP contribution < -0.4 is 0 Å². The SMILES string of the molecule is OC1CCCC1CCn1ccnc1-c1cccs1. The maximum atomic E-state index is 9.85. The standard InChI is InChI=1S/C14H18N2OS/c17-12-4-1-3-11(12)6-8-16-9-7-15-14(16)13-5-2-10-18-13/h2,5,7,9-12,17H,1,3-4,6,8H2. The van der Waals surface area contributed by atoms with Gasteiger partial charge in [0.2, 0.25) is 0 Å². The summed E-state index contributed by atoms with van der Waals surface area (Å²) in [6, 6.07) is 4.16. The second-order valence-electron chi connectivity index (χ2n) is 4.97. The second kappa shape index (κ2) is 5.24. The van der Waals surface area contributed by atoms with Crippen LogP contribution in [-0.2, 0) is 6.54 Å². The molecule has 1 N–H and O–H groups in total. The van der Waals surface area contributed by atoms with E-state index in [1.54, 1.807) is 11.3 Å². The van der Waals surface area contributed by atoms with Crippen LogP contribution in [0.4, 0.5) is 0 Å². The van der Waals surface area contributed by atoms with E-state index in [4.69, 9.17) is 0 Å². The average Bonchev–Trinajstić information content (AvgIpc) is 3.07. The van der Waals surface area contributed by atoms with Gasteiger partial charge in [0.05, 0.1) is 11.0 Å². The number of aliphatic hydroxyl groups is 1. The molecule has 96 valence electrons. The van der Waals surface area contributed by atoms with Gasteiger partial charge in [-0.25, -0.2) is 4.98 Å². The van der Waals surface area contributed by atoms with Gasteiger partial charge in [0.25, 0.3) is 0 Å². The molecule has 2 unspecified atom stereocenters. The lowest BCUT2D eigenvalue weighted by Gasteiger charge is -2.15. The van der Waals surface area contributed by atoms with Crippen LogP contribution in [0.1, 0.15) is 25.7 Å². The molecule has 0 amide bonds. The third kappa shape index (κ3) is 2.35. The minimum Gasteiger partial charge on any atom is -0.393 e. The van der Waals surface area contributed by atoms with Crippen LogP contribution >= 0.6 is 11.3 Å². The molecule has 0 spiro atoms. The maximum absolute atomic E-state index is 9.85. The molecule has 3 nitrogen and oxygen atoms in total. The topological polar surface area (TPSA) is 38.0 Å². The van der Waals surface area contributed by atoms with Gasteiger partial charge in [0, 0.05) is 18.9 Å². The highest BCUT2D eigenvalue weighted by molar-refractivity contribution is 7.13. The first-order valence-corrected chi connectivity index (χ1v) is 7.45. The first-order chi connectivity index (χ1) is 8.84. The summed E-state index contributed by atoms with van der Waals surface area (Å²) in [5.74, 6) is 1.53. The first-order valence-electron chi connectivity index (χ1n) is 6.57. The third-order valence-electron chi connectivity index (χ3n) is 3.82. The Morgan fingerprint density at radius 1 is 1.44 bits per heavy atom. The zero-order chi connectivity index (χ0) is 12.4. The molecule has 4 heteroatoms. The van der Waals surface area contributed by atoms with Gasteiger partial charge >= 0.3 is 0 Å². The summed E-state index contributed by atoms with van der Waals surface area (Å²) < 4.78 is 2.21. The van der Waals surface area contributed by atoms with E-state index >= 15 is 0 Å². The lowest BCUT2D eigenvalue weighted by Crippen LogP contribution is -2.15. The molecular formula is C14H18N2OS. The minimum atomic E-state index is -0.0845. The van der Waals surface area contributed by atoms with Crippen molar-refractivity contribution in [1.82, 2.24) is 9.55 Å². The largest absolute Gasteiger partial charge is 0.393 e. The molecule has 3 rings (SSSR count). The molecule has 0 saturated heterocycles. The van der Waals surface area contributed by atoms with Gasteiger partial charge in [-0.05, 0) is 36.6 Å². The molecule has 18 heavy (non-hydrogen) atoms. The van der Waals surface area contributed by atoms with E-state index in [0.29, 0.717) is 5.92 Å². The molecule has 1 fully saturated rings. The number of imidazole rings is 1. The van der Waals surface area contributed by atoms with Gasteiger partial charge in [-0.1, -0.05) is 12.5 Å².